The molecule has 3 nitrogen and oxygen atoms in total. The fraction of sp³-hybridized carbons (Fsp3) is 0.500. The minimum atomic E-state index is -0.968. The van der Waals surface area contributed by atoms with E-state index in [1.165, 1.54) is 0 Å². The van der Waals surface area contributed by atoms with Gasteiger partial charge in [0.1, 0.15) is 0 Å². The Morgan fingerprint density at radius 3 is 1.86 bits per heavy atom. The Kier molecular flexibility index (Phi) is 21.6. The molecule has 0 heterocycles. The number of nitrogens with two attached hydrogens (primary N) is 1. The summed E-state index contributed by atoms with van der Waals surface area (Å²) in [5.41, 5.74) is 4.57. The maximum absolute atomic E-state index is 9.24. The van der Waals surface area contributed by atoms with Gasteiger partial charge in [-0.2, -0.15) is 0 Å². The molecular formula is C2H5CoNNiO2. The number of hydrogen-bond acceptors (Lipinski definition) is 2. The molecule has 7 heavy (non-hydrogen) atoms. The molecule has 0 saturated heterocycles. The Bertz CT molecular complexity index is 51.0. The number of carboxylic acid groups (broad SMARTS) is 1. The van der Waals surface area contributed by atoms with Gasteiger partial charge in [0.2, 0.25) is 0 Å². The monoisotopic (exact) mass is 192 g/mol. The van der Waals surface area contributed by atoms with E-state index in [0.717, 1.165) is 0 Å². The van der Waals surface area contributed by atoms with Crippen LogP contribution in [0.25, 0.3) is 0 Å². The molecule has 0 aliphatic heterocycles. The van der Waals surface area contributed by atoms with Crippen molar-refractivity contribution in [3.05, 3.63) is 0 Å². The minimum absolute atomic E-state index is 0. The SMILES string of the molecule is NCC(=O)O.[Co].[Ni]. The van der Waals surface area contributed by atoms with Gasteiger partial charge < -0.3 is 10.8 Å². The van der Waals surface area contributed by atoms with Gasteiger partial charge in [0.25, 0.3) is 0 Å². The molecule has 0 unspecified atom stereocenters. The zero-order chi connectivity index (χ0) is 4.28. The van der Waals surface area contributed by atoms with E-state index in [1.54, 1.807) is 0 Å². The van der Waals surface area contributed by atoms with Crippen molar-refractivity contribution in [1.82, 2.24) is 0 Å². The summed E-state index contributed by atoms with van der Waals surface area (Å²) in [5.74, 6) is -0.968. The Labute approximate surface area is 61.8 Å². The molecule has 0 fully saturated rings. The molecule has 0 aliphatic rings. The fourth-order valence-electron chi connectivity index (χ4n) is 0. The van der Waals surface area contributed by atoms with Crippen LogP contribution in [-0.2, 0) is 38.1 Å². The predicted molar refractivity (Wildman–Crippen MR) is 16.7 cm³/mol. The van der Waals surface area contributed by atoms with Crippen molar-refractivity contribution in [1.29, 1.82) is 0 Å². The standard InChI is InChI=1S/C2H5NO2.Co.Ni/c3-1-2(4)5;;/h1,3H2,(H,4,5);;. The van der Waals surface area contributed by atoms with E-state index in [4.69, 9.17) is 5.11 Å². The van der Waals surface area contributed by atoms with Crippen molar-refractivity contribution < 1.29 is 43.2 Å². The molecule has 0 aliphatic carbocycles. The number of hydrogen-bond donors (Lipinski definition) is 2. The summed E-state index contributed by atoms with van der Waals surface area (Å²) >= 11 is 0. The fourth-order valence-corrected chi connectivity index (χ4v) is 0. The first-order valence-electron chi connectivity index (χ1n) is 1.19. The minimum Gasteiger partial charge on any atom is -0.480 e. The van der Waals surface area contributed by atoms with Crippen molar-refractivity contribution in [3.8, 4) is 0 Å². The molecule has 0 aromatic heterocycles. The van der Waals surface area contributed by atoms with Gasteiger partial charge in [-0.05, 0) is 0 Å². The van der Waals surface area contributed by atoms with Crippen molar-refractivity contribution in [2.24, 2.45) is 5.73 Å². The van der Waals surface area contributed by atoms with Crippen molar-refractivity contribution in [3.63, 3.8) is 0 Å². The predicted octanol–water partition coefficient (Wildman–Crippen LogP) is -0.975. The van der Waals surface area contributed by atoms with Gasteiger partial charge in [0.15, 0.2) is 0 Å². The first-order chi connectivity index (χ1) is 2.27. The van der Waals surface area contributed by atoms with Crippen LogP contribution in [0.4, 0.5) is 0 Å². The largest absolute Gasteiger partial charge is 0.480 e. The second kappa shape index (κ2) is 9.66. The molecule has 0 amide bonds. The third-order valence-electron chi connectivity index (χ3n) is 0.175. The van der Waals surface area contributed by atoms with Crippen LogP contribution in [0.2, 0.25) is 0 Å². The molecule has 0 spiro atoms. The van der Waals surface area contributed by atoms with Gasteiger partial charge in [0.05, 0.1) is 6.54 Å². The van der Waals surface area contributed by atoms with Gasteiger partial charge in [0, 0.05) is 33.3 Å². The normalized spacial score (nSPS) is 5.29. The molecule has 1 radical (unpaired) electrons. The number of carbonyl (C=O) groups is 1. The van der Waals surface area contributed by atoms with Crippen LogP contribution in [-0.4, -0.2) is 17.6 Å². The summed E-state index contributed by atoms with van der Waals surface area (Å²) in [6.07, 6.45) is 0. The summed E-state index contributed by atoms with van der Waals surface area (Å²) < 4.78 is 0. The smallest absolute Gasteiger partial charge is 0.317 e. The van der Waals surface area contributed by atoms with E-state index in [0.29, 0.717) is 0 Å². The van der Waals surface area contributed by atoms with Gasteiger partial charge in [-0.3, -0.25) is 4.79 Å². The summed E-state index contributed by atoms with van der Waals surface area (Å²) in [6, 6.07) is 0. The van der Waals surface area contributed by atoms with Gasteiger partial charge in [-0.1, -0.05) is 0 Å². The van der Waals surface area contributed by atoms with Crippen molar-refractivity contribution in [2.75, 3.05) is 6.54 Å². The summed E-state index contributed by atoms with van der Waals surface area (Å²) in [5, 5.41) is 7.60. The van der Waals surface area contributed by atoms with E-state index in [1.807, 2.05) is 0 Å². The van der Waals surface area contributed by atoms with E-state index >= 15 is 0 Å². The summed E-state index contributed by atoms with van der Waals surface area (Å²) in [4.78, 5) is 9.24. The van der Waals surface area contributed by atoms with E-state index < -0.39 is 5.97 Å². The zero-order valence-corrected chi connectivity index (χ0v) is 5.32. The first kappa shape index (κ1) is 15.7. The maximum Gasteiger partial charge on any atom is 0.317 e. The number of carboxylic acids is 1. The summed E-state index contributed by atoms with van der Waals surface area (Å²) in [6.45, 7) is -0.278. The first-order valence-corrected chi connectivity index (χ1v) is 1.19. The molecule has 0 bridgehead atoms. The average molecular weight is 193 g/mol. The Morgan fingerprint density at radius 1 is 1.71 bits per heavy atom. The van der Waals surface area contributed by atoms with E-state index in [-0.39, 0.29) is 39.8 Å². The quantitative estimate of drug-likeness (QED) is 0.526. The summed E-state index contributed by atoms with van der Waals surface area (Å²) in [7, 11) is 0. The average Bonchev–Trinajstić information content (AvgIpc) is 1.38. The van der Waals surface area contributed by atoms with Crippen LogP contribution in [0.15, 0.2) is 0 Å². The molecule has 0 aromatic rings. The van der Waals surface area contributed by atoms with Gasteiger partial charge in [-0.25, -0.2) is 0 Å². The molecule has 5 heteroatoms. The molecule has 49 valence electrons. The van der Waals surface area contributed by atoms with Crippen LogP contribution >= 0.6 is 0 Å². The van der Waals surface area contributed by atoms with E-state index in [2.05, 4.69) is 5.73 Å². The van der Waals surface area contributed by atoms with Crippen molar-refractivity contribution >= 4 is 5.97 Å². The van der Waals surface area contributed by atoms with Gasteiger partial charge in [-0.15, -0.1) is 0 Å². The van der Waals surface area contributed by atoms with Crippen LogP contribution in [0.3, 0.4) is 0 Å². The number of aliphatic carboxylic acids is 1. The maximum atomic E-state index is 9.24. The van der Waals surface area contributed by atoms with Crippen molar-refractivity contribution in [2.45, 2.75) is 0 Å². The van der Waals surface area contributed by atoms with E-state index in [9.17, 15) is 4.79 Å². The second-order valence-electron chi connectivity index (χ2n) is 0.598. The topological polar surface area (TPSA) is 63.3 Å². The second-order valence-corrected chi connectivity index (χ2v) is 0.598. The third kappa shape index (κ3) is 21.4. The zero-order valence-electron chi connectivity index (χ0n) is 3.29. The molecule has 3 N–H and O–H groups in total. The molecule has 0 rings (SSSR count). The molecular weight excluding hydrogens is 188 g/mol. The van der Waals surface area contributed by atoms with Crippen LogP contribution in [0, 0.1) is 0 Å². The van der Waals surface area contributed by atoms with Crippen LogP contribution in [0.1, 0.15) is 0 Å². The Balaban J connectivity index is -0.0000000800. The Hall–Kier alpha value is 0.430. The molecule has 0 aromatic carbocycles. The molecule has 0 saturated carbocycles. The third-order valence-corrected chi connectivity index (χ3v) is 0.175. The van der Waals surface area contributed by atoms with Gasteiger partial charge >= 0.3 is 5.97 Å². The van der Waals surface area contributed by atoms with Crippen LogP contribution < -0.4 is 5.73 Å². The molecule has 0 atom stereocenters. The Morgan fingerprint density at radius 2 is 1.86 bits per heavy atom. The number of rotatable bonds is 1. The van der Waals surface area contributed by atoms with Crippen LogP contribution in [0.5, 0.6) is 0 Å².